The standard InChI is InChI=1S/C26H30N4O2/c1-19-9-7-8-12-23(19)32-16-15-30-25(31)14-13-22-20(2)27-24(28-26(22)30)18-29(3)17-21-10-5-4-6-11-21/h4-12H,13-18H2,1-3H3. The quantitative estimate of drug-likeness (QED) is 0.539. The molecule has 6 heteroatoms. The zero-order valence-corrected chi connectivity index (χ0v) is 19.0. The lowest BCUT2D eigenvalue weighted by Gasteiger charge is -2.29. The zero-order valence-electron chi connectivity index (χ0n) is 19.0. The molecule has 0 bridgehead atoms. The number of fused-ring (bicyclic) bond motifs is 1. The first kappa shape index (κ1) is 22.0. The molecule has 0 spiro atoms. The van der Waals surface area contributed by atoms with Crippen molar-refractivity contribution in [3.05, 3.63) is 82.8 Å². The van der Waals surface area contributed by atoms with Crippen molar-refractivity contribution in [1.82, 2.24) is 14.9 Å². The van der Waals surface area contributed by atoms with Gasteiger partial charge in [-0.25, -0.2) is 9.97 Å². The number of anilines is 1. The molecular weight excluding hydrogens is 400 g/mol. The van der Waals surface area contributed by atoms with Crippen LogP contribution in [-0.2, 0) is 24.3 Å². The number of ether oxygens (including phenoxy) is 1. The first-order chi connectivity index (χ1) is 15.5. The van der Waals surface area contributed by atoms with Crippen molar-refractivity contribution in [2.75, 3.05) is 25.1 Å². The molecule has 0 fully saturated rings. The second-order valence-electron chi connectivity index (χ2n) is 8.34. The van der Waals surface area contributed by atoms with E-state index < -0.39 is 0 Å². The second kappa shape index (κ2) is 9.92. The summed E-state index contributed by atoms with van der Waals surface area (Å²) in [5.41, 5.74) is 4.35. The van der Waals surface area contributed by atoms with Crippen LogP contribution in [0, 0.1) is 13.8 Å². The highest BCUT2D eigenvalue weighted by Crippen LogP contribution is 2.28. The van der Waals surface area contributed by atoms with Gasteiger partial charge in [0.15, 0.2) is 0 Å². The Hall–Kier alpha value is -3.25. The normalized spacial score (nSPS) is 13.4. The van der Waals surface area contributed by atoms with E-state index in [1.807, 2.05) is 56.3 Å². The van der Waals surface area contributed by atoms with Gasteiger partial charge in [-0.3, -0.25) is 14.6 Å². The fourth-order valence-corrected chi connectivity index (χ4v) is 4.10. The Labute approximate surface area is 189 Å². The molecule has 166 valence electrons. The summed E-state index contributed by atoms with van der Waals surface area (Å²) in [5, 5.41) is 0. The Morgan fingerprint density at radius 2 is 1.72 bits per heavy atom. The maximum absolute atomic E-state index is 12.8. The van der Waals surface area contributed by atoms with Crippen LogP contribution in [-0.4, -0.2) is 41.0 Å². The van der Waals surface area contributed by atoms with Crippen molar-refractivity contribution in [3.63, 3.8) is 0 Å². The van der Waals surface area contributed by atoms with Crippen LogP contribution in [0.2, 0.25) is 0 Å². The summed E-state index contributed by atoms with van der Waals surface area (Å²) in [6, 6.07) is 18.3. The van der Waals surface area contributed by atoms with E-state index in [9.17, 15) is 4.79 Å². The van der Waals surface area contributed by atoms with Gasteiger partial charge in [0.2, 0.25) is 5.91 Å². The average molecular weight is 431 g/mol. The summed E-state index contributed by atoms with van der Waals surface area (Å²) in [4.78, 5) is 26.3. The molecule has 3 aromatic rings. The molecule has 1 aliphatic rings. The lowest BCUT2D eigenvalue weighted by molar-refractivity contribution is -0.119. The summed E-state index contributed by atoms with van der Waals surface area (Å²) < 4.78 is 5.95. The fraction of sp³-hybridized carbons (Fsp3) is 0.346. The number of hydrogen-bond acceptors (Lipinski definition) is 5. The number of rotatable bonds is 8. The number of carbonyl (C=O) groups excluding carboxylic acids is 1. The molecule has 1 amide bonds. The third kappa shape index (κ3) is 5.14. The Morgan fingerprint density at radius 3 is 2.50 bits per heavy atom. The molecule has 0 radical (unpaired) electrons. The molecule has 4 rings (SSSR count). The van der Waals surface area contributed by atoms with Gasteiger partial charge < -0.3 is 4.74 Å². The van der Waals surface area contributed by atoms with E-state index in [1.165, 1.54) is 5.56 Å². The highest BCUT2D eigenvalue weighted by atomic mass is 16.5. The molecular formula is C26H30N4O2. The Balaban J connectivity index is 1.48. The third-order valence-electron chi connectivity index (χ3n) is 5.76. The van der Waals surface area contributed by atoms with Crippen molar-refractivity contribution in [3.8, 4) is 5.75 Å². The van der Waals surface area contributed by atoms with E-state index in [0.717, 1.165) is 40.8 Å². The van der Waals surface area contributed by atoms with E-state index >= 15 is 0 Å². The molecule has 1 aromatic heterocycles. The van der Waals surface area contributed by atoms with Crippen molar-refractivity contribution in [1.29, 1.82) is 0 Å². The van der Waals surface area contributed by atoms with Crippen LogP contribution >= 0.6 is 0 Å². The Bertz CT molecular complexity index is 1080. The maximum Gasteiger partial charge on any atom is 0.228 e. The van der Waals surface area contributed by atoms with Crippen LogP contribution in [0.15, 0.2) is 54.6 Å². The smallest absolute Gasteiger partial charge is 0.228 e. The average Bonchev–Trinajstić information content (AvgIpc) is 2.77. The first-order valence-corrected chi connectivity index (χ1v) is 11.1. The van der Waals surface area contributed by atoms with Gasteiger partial charge in [-0.2, -0.15) is 0 Å². The second-order valence-corrected chi connectivity index (χ2v) is 8.34. The van der Waals surface area contributed by atoms with E-state index in [0.29, 0.717) is 32.5 Å². The minimum atomic E-state index is 0.0903. The fourth-order valence-electron chi connectivity index (χ4n) is 4.10. The van der Waals surface area contributed by atoms with Crippen LogP contribution in [0.25, 0.3) is 0 Å². The van der Waals surface area contributed by atoms with Crippen LogP contribution in [0.5, 0.6) is 5.75 Å². The molecule has 0 saturated carbocycles. The van der Waals surface area contributed by atoms with Crippen LogP contribution in [0.3, 0.4) is 0 Å². The largest absolute Gasteiger partial charge is 0.491 e. The zero-order chi connectivity index (χ0) is 22.5. The molecule has 0 aliphatic carbocycles. The highest BCUT2D eigenvalue weighted by molar-refractivity contribution is 5.95. The maximum atomic E-state index is 12.8. The van der Waals surface area contributed by atoms with Crippen LogP contribution in [0.1, 0.15) is 34.6 Å². The van der Waals surface area contributed by atoms with Crippen LogP contribution in [0.4, 0.5) is 5.82 Å². The summed E-state index contributed by atoms with van der Waals surface area (Å²) in [6.07, 6.45) is 1.17. The predicted molar refractivity (Wildman–Crippen MR) is 126 cm³/mol. The van der Waals surface area contributed by atoms with Gasteiger partial charge >= 0.3 is 0 Å². The van der Waals surface area contributed by atoms with Gasteiger partial charge in [-0.05, 0) is 44.5 Å². The van der Waals surface area contributed by atoms with Crippen molar-refractivity contribution in [2.45, 2.75) is 39.8 Å². The molecule has 32 heavy (non-hydrogen) atoms. The van der Waals surface area contributed by atoms with Gasteiger partial charge in [0.05, 0.1) is 13.1 Å². The molecule has 2 heterocycles. The topological polar surface area (TPSA) is 58.6 Å². The molecule has 1 aliphatic heterocycles. The van der Waals surface area contributed by atoms with Gasteiger partial charge in [-0.15, -0.1) is 0 Å². The molecule has 2 aromatic carbocycles. The number of hydrogen-bond donors (Lipinski definition) is 0. The number of aryl methyl sites for hydroxylation is 2. The van der Waals surface area contributed by atoms with E-state index in [1.54, 1.807) is 4.90 Å². The number of amides is 1. The van der Waals surface area contributed by atoms with Crippen LogP contribution < -0.4 is 9.64 Å². The number of carbonyl (C=O) groups is 1. The Kier molecular flexibility index (Phi) is 6.81. The number of para-hydroxylation sites is 1. The monoisotopic (exact) mass is 430 g/mol. The van der Waals surface area contributed by atoms with E-state index in [2.05, 4.69) is 24.1 Å². The van der Waals surface area contributed by atoms with Crippen molar-refractivity contribution >= 4 is 11.7 Å². The molecule has 0 unspecified atom stereocenters. The minimum Gasteiger partial charge on any atom is -0.491 e. The van der Waals surface area contributed by atoms with E-state index in [-0.39, 0.29) is 5.91 Å². The Morgan fingerprint density at radius 1 is 0.969 bits per heavy atom. The summed E-state index contributed by atoms with van der Waals surface area (Å²) >= 11 is 0. The first-order valence-electron chi connectivity index (χ1n) is 11.1. The van der Waals surface area contributed by atoms with Crippen molar-refractivity contribution < 1.29 is 9.53 Å². The lowest BCUT2D eigenvalue weighted by Crippen LogP contribution is -2.39. The van der Waals surface area contributed by atoms with E-state index in [4.69, 9.17) is 14.7 Å². The molecule has 0 saturated heterocycles. The number of benzene rings is 2. The van der Waals surface area contributed by atoms with Gasteiger partial charge in [-0.1, -0.05) is 48.5 Å². The van der Waals surface area contributed by atoms with Gasteiger partial charge in [0.25, 0.3) is 0 Å². The predicted octanol–water partition coefficient (Wildman–Crippen LogP) is 4.08. The number of aromatic nitrogens is 2. The summed E-state index contributed by atoms with van der Waals surface area (Å²) in [6.45, 7) is 6.35. The van der Waals surface area contributed by atoms with Crippen molar-refractivity contribution in [2.24, 2.45) is 0 Å². The summed E-state index contributed by atoms with van der Waals surface area (Å²) in [5.74, 6) is 2.41. The highest BCUT2D eigenvalue weighted by Gasteiger charge is 2.28. The van der Waals surface area contributed by atoms with Gasteiger partial charge in [0, 0.05) is 24.2 Å². The molecule has 0 atom stereocenters. The lowest BCUT2D eigenvalue weighted by atomic mass is 10.0. The summed E-state index contributed by atoms with van der Waals surface area (Å²) in [7, 11) is 2.06. The molecule has 6 nitrogen and oxygen atoms in total. The third-order valence-corrected chi connectivity index (χ3v) is 5.76. The molecule has 0 N–H and O–H groups in total. The number of nitrogens with zero attached hydrogens (tertiary/aromatic N) is 4. The van der Waals surface area contributed by atoms with Gasteiger partial charge in [0.1, 0.15) is 24.0 Å². The SMILES string of the molecule is Cc1ccccc1OCCN1C(=O)CCc2c(C)nc(CN(C)Cc3ccccc3)nc21. The minimum absolute atomic E-state index is 0.0903.